The fourth-order valence-corrected chi connectivity index (χ4v) is 6.17. The zero-order valence-corrected chi connectivity index (χ0v) is 34.0. The van der Waals surface area contributed by atoms with Crippen molar-refractivity contribution in [3.05, 3.63) is 152 Å². The van der Waals surface area contributed by atoms with E-state index in [1.54, 1.807) is 24.3 Å². The van der Waals surface area contributed by atoms with Gasteiger partial charge in [-0.05, 0) is 72.8 Å². The van der Waals surface area contributed by atoms with Gasteiger partial charge in [0.25, 0.3) is 0 Å². The van der Waals surface area contributed by atoms with Gasteiger partial charge in [0.1, 0.15) is 53.2 Å². The molecule has 17 heteroatoms. The van der Waals surface area contributed by atoms with Crippen molar-refractivity contribution in [1.29, 1.82) is 5.26 Å². The first-order valence-electron chi connectivity index (χ1n) is 18.5. The van der Waals surface area contributed by atoms with Gasteiger partial charge in [-0.2, -0.15) is 5.26 Å². The molecule has 5 rings (SSSR count). The van der Waals surface area contributed by atoms with Crippen LogP contribution >= 0.6 is 11.3 Å². The number of carbonyl (C=O) groups excluding carboxylic acids is 6. The Balaban J connectivity index is 1.31. The van der Waals surface area contributed by atoms with Crippen LogP contribution in [0.1, 0.15) is 26.3 Å². The third kappa shape index (κ3) is 13.1. The van der Waals surface area contributed by atoms with Crippen LogP contribution in [-0.2, 0) is 38.1 Å². The number of benzene rings is 4. The molecular formula is C46H36N2O14S. The van der Waals surface area contributed by atoms with Crippen molar-refractivity contribution >= 4 is 57.4 Å². The Labute approximate surface area is 363 Å². The van der Waals surface area contributed by atoms with Crippen molar-refractivity contribution in [2.75, 3.05) is 26.4 Å². The molecule has 0 aliphatic heterocycles. The molecule has 4 aromatic carbocycles. The van der Waals surface area contributed by atoms with E-state index < -0.39 is 48.0 Å². The Kier molecular flexibility index (Phi) is 16.2. The molecule has 0 N–H and O–H groups in total. The molecule has 0 aliphatic rings. The summed E-state index contributed by atoms with van der Waals surface area (Å²) < 4.78 is 43.7. The number of nitriles is 1. The standard InChI is InChI=1S/C46H36N2O14S/c1-5-38(49)57-26-34(59-40(51)7-3)24-55-32-17-13-30(14-18-32)45(53)61-36-21-22-37(43-42(36)48-44(63-43)29-11-9-28(23-47)10-12-29)62-46(54)31-15-19-33(20-16-31)56-25-35(60-41(52)8-4)27-58-39(50)6-2/h5-22,34-35H,1-4,24-27H2. The molecule has 0 bridgehead atoms. The minimum absolute atomic E-state index is 0.0602. The van der Waals surface area contributed by atoms with Crippen LogP contribution in [0.3, 0.4) is 0 Å². The first-order valence-corrected chi connectivity index (χ1v) is 19.3. The summed E-state index contributed by atoms with van der Waals surface area (Å²) >= 11 is 1.16. The van der Waals surface area contributed by atoms with Gasteiger partial charge in [0.2, 0.25) is 0 Å². The van der Waals surface area contributed by atoms with Crippen molar-refractivity contribution in [3.63, 3.8) is 0 Å². The van der Waals surface area contributed by atoms with Crippen LogP contribution in [0.15, 0.2) is 136 Å². The molecule has 0 saturated carbocycles. The summed E-state index contributed by atoms with van der Waals surface area (Å²) in [5.41, 5.74) is 1.59. The highest BCUT2D eigenvalue weighted by Gasteiger charge is 2.22. The van der Waals surface area contributed by atoms with Gasteiger partial charge in [0, 0.05) is 29.9 Å². The predicted molar refractivity (Wildman–Crippen MR) is 226 cm³/mol. The Hall–Kier alpha value is -8.36. The lowest BCUT2D eigenvalue weighted by Crippen LogP contribution is -2.30. The molecule has 0 radical (unpaired) electrons. The topological polar surface area (TPSA) is 213 Å². The number of rotatable bonds is 21. The monoisotopic (exact) mass is 872 g/mol. The number of fused-ring (bicyclic) bond motifs is 1. The number of thiazole rings is 1. The van der Waals surface area contributed by atoms with Crippen molar-refractivity contribution in [2.24, 2.45) is 0 Å². The number of carbonyl (C=O) groups is 6. The van der Waals surface area contributed by atoms with E-state index in [-0.39, 0.29) is 54.6 Å². The molecular weight excluding hydrogens is 837 g/mol. The van der Waals surface area contributed by atoms with Crippen LogP contribution in [0, 0.1) is 11.3 Å². The number of esters is 6. The Morgan fingerprint density at radius 1 is 0.587 bits per heavy atom. The summed E-state index contributed by atoms with van der Waals surface area (Å²) in [6, 6.07) is 23.4. The third-order valence-corrected chi connectivity index (χ3v) is 9.36. The molecule has 5 aromatic rings. The van der Waals surface area contributed by atoms with Gasteiger partial charge in [-0.3, -0.25) is 0 Å². The van der Waals surface area contributed by atoms with Crippen LogP contribution in [0.5, 0.6) is 23.0 Å². The fraction of sp³-hybridized carbons (Fsp3) is 0.130. The van der Waals surface area contributed by atoms with Gasteiger partial charge in [0.15, 0.2) is 23.7 Å². The Morgan fingerprint density at radius 2 is 1.03 bits per heavy atom. The molecule has 320 valence electrons. The molecule has 1 heterocycles. The normalized spacial score (nSPS) is 11.3. The van der Waals surface area contributed by atoms with Gasteiger partial charge in [-0.1, -0.05) is 38.4 Å². The highest BCUT2D eigenvalue weighted by molar-refractivity contribution is 7.22. The van der Waals surface area contributed by atoms with Crippen LogP contribution < -0.4 is 18.9 Å². The summed E-state index contributed by atoms with van der Waals surface area (Å²) in [7, 11) is 0. The Bertz CT molecular complexity index is 2430. The zero-order chi connectivity index (χ0) is 45.3. The number of nitrogens with zero attached hydrogens (tertiary/aromatic N) is 2. The Morgan fingerprint density at radius 3 is 1.48 bits per heavy atom. The van der Waals surface area contributed by atoms with E-state index in [4.69, 9.17) is 42.9 Å². The van der Waals surface area contributed by atoms with Crippen molar-refractivity contribution < 1.29 is 66.7 Å². The largest absolute Gasteiger partial charge is 0.490 e. The minimum atomic E-state index is -0.966. The van der Waals surface area contributed by atoms with E-state index in [9.17, 15) is 34.0 Å². The first kappa shape index (κ1) is 45.7. The number of ether oxygens (including phenoxy) is 8. The molecule has 63 heavy (non-hydrogen) atoms. The van der Waals surface area contributed by atoms with E-state index in [0.717, 1.165) is 35.6 Å². The third-order valence-electron chi connectivity index (χ3n) is 8.24. The van der Waals surface area contributed by atoms with E-state index in [1.165, 1.54) is 60.7 Å². The molecule has 2 unspecified atom stereocenters. The van der Waals surface area contributed by atoms with Gasteiger partial charge in [-0.15, -0.1) is 11.3 Å². The van der Waals surface area contributed by atoms with Gasteiger partial charge < -0.3 is 37.9 Å². The van der Waals surface area contributed by atoms with Crippen molar-refractivity contribution in [1.82, 2.24) is 4.98 Å². The van der Waals surface area contributed by atoms with E-state index in [1.807, 2.05) is 0 Å². The average molecular weight is 873 g/mol. The molecule has 0 amide bonds. The average Bonchev–Trinajstić information content (AvgIpc) is 3.78. The molecule has 0 aliphatic carbocycles. The van der Waals surface area contributed by atoms with Crippen molar-refractivity contribution in [2.45, 2.75) is 12.2 Å². The maximum Gasteiger partial charge on any atom is 0.343 e. The molecule has 0 saturated heterocycles. The second-order valence-electron chi connectivity index (χ2n) is 12.6. The maximum absolute atomic E-state index is 13.4. The predicted octanol–water partition coefficient (Wildman–Crippen LogP) is 6.68. The second-order valence-corrected chi connectivity index (χ2v) is 13.6. The summed E-state index contributed by atoms with van der Waals surface area (Å²) in [6.07, 6.45) is 1.91. The molecule has 0 fully saturated rings. The summed E-state index contributed by atoms with van der Waals surface area (Å²) in [5.74, 6) is -3.63. The zero-order valence-electron chi connectivity index (χ0n) is 33.2. The summed E-state index contributed by atoms with van der Waals surface area (Å²) in [4.78, 5) is 78.1. The van der Waals surface area contributed by atoms with Gasteiger partial charge in [0.05, 0.1) is 22.8 Å². The minimum Gasteiger partial charge on any atom is -0.490 e. The smallest absolute Gasteiger partial charge is 0.343 e. The molecule has 1 aromatic heterocycles. The number of aromatic nitrogens is 1. The van der Waals surface area contributed by atoms with E-state index in [2.05, 4.69) is 32.4 Å². The highest BCUT2D eigenvalue weighted by Crippen LogP contribution is 2.41. The second kappa shape index (κ2) is 22.3. The quantitative estimate of drug-likeness (QED) is 0.0325. The SMILES string of the molecule is C=CC(=O)OCC(COc1ccc(C(=O)Oc2ccc(OC(=O)c3ccc(OCC(COC(=O)C=C)OC(=O)C=C)cc3)c3sc(-c4ccc(C#N)cc4)nc23)cc1)OC(=O)C=C. The van der Waals surface area contributed by atoms with Crippen LogP contribution in [0.4, 0.5) is 0 Å². The number of hydrogen-bond acceptors (Lipinski definition) is 17. The van der Waals surface area contributed by atoms with Gasteiger partial charge >= 0.3 is 35.8 Å². The molecule has 2 atom stereocenters. The lowest BCUT2D eigenvalue weighted by Gasteiger charge is -2.17. The summed E-state index contributed by atoms with van der Waals surface area (Å²) in [6.45, 7) is 12.4. The van der Waals surface area contributed by atoms with Crippen LogP contribution in [0.2, 0.25) is 0 Å². The summed E-state index contributed by atoms with van der Waals surface area (Å²) in [5, 5.41) is 9.76. The van der Waals surface area contributed by atoms with Crippen LogP contribution in [-0.4, -0.2) is 79.4 Å². The first-order chi connectivity index (χ1) is 30.4. The lowest BCUT2D eigenvalue weighted by atomic mass is 10.1. The van der Waals surface area contributed by atoms with Crippen LogP contribution in [0.25, 0.3) is 20.8 Å². The highest BCUT2D eigenvalue weighted by atomic mass is 32.1. The molecule has 0 spiro atoms. The fourth-order valence-electron chi connectivity index (χ4n) is 5.13. The number of hydrogen-bond donors (Lipinski definition) is 0. The lowest BCUT2D eigenvalue weighted by molar-refractivity contribution is -0.154. The van der Waals surface area contributed by atoms with E-state index in [0.29, 0.717) is 32.3 Å². The van der Waals surface area contributed by atoms with E-state index >= 15 is 0 Å². The molecule has 16 nitrogen and oxygen atoms in total. The van der Waals surface area contributed by atoms with Crippen molar-refractivity contribution in [3.8, 4) is 39.6 Å². The maximum atomic E-state index is 13.4. The van der Waals surface area contributed by atoms with Gasteiger partial charge in [-0.25, -0.2) is 33.8 Å².